The fourth-order valence-corrected chi connectivity index (χ4v) is 1.91. The lowest BCUT2D eigenvalue weighted by molar-refractivity contribution is 0.538. The Morgan fingerprint density at radius 3 is 3.06 bits per heavy atom. The van der Waals surface area contributed by atoms with Crippen molar-refractivity contribution in [3.8, 4) is 0 Å². The molecule has 0 fully saturated rings. The highest BCUT2D eigenvalue weighted by Crippen LogP contribution is 2.20. The van der Waals surface area contributed by atoms with Crippen LogP contribution < -0.4 is 5.32 Å². The summed E-state index contributed by atoms with van der Waals surface area (Å²) < 4.78 is 5.58. The van der Waals surface area contributed by atoms with Crippen LogP contribution in [-0.4, -0.2) is 9.97 Å². The fraction of sp³-hybridized carbons (Fsp3) is 0.214. The summed E-state index contributed by atoms with van der Waals surface area (Å²) in [5.74, 6) is 0.784. The molecule has 3 rings (SSSR count). The molecule has 0 aliphatic rings. The fourth-order valence-electron chi connectivity index (χ4n) is 1.91. The Morgan fingerprint density at radius 2 is 2.28 bits per heavy atom. The molecule has 0 atom stereocenters. The first kappa shape index (κ1) is 10.9. The second-order valence-corrected chi connectivity index (χ2v) is 4.19. The lowest BCUT2D eigenvalue weighted by atomic mass is 10.3. The number of anilines is 1. The van der Waals surface area contributed by atoms with Gasteiger partial charge in [-0.05, 0) is 30.3 Å². The van der Waals surface area contributed by atoms with Gasteiger partial charge in [0.15, 0.2) is 11.5 Å². The van der Waals surface area contributed by atoms with Crippen molar-refractivity contribution in [3.05, 3.63) is 48.1 Å². The van der Waals surface area contributed by atoms with Gasteiger partial charge in [-0.1, -0.05) is 6.92 Å². The Balaban J connectivity index is 1.80. The van der Waals surface area contributed by atoms with Crippen LogP contribution in [0.5, 0.6) is 0 Å². The van der Waals surface area contributed by atoms with Gasteiger partial charge in [0.1, 0.15) is 5.52 Å². The van der Waals surface area contributed by atoms with Crippen molar-refractivity contribution in [2.24, 2.45) is 0 Å². The summed E-state index contributed by atoms with van der Waals surface area (Å²) in [5.41, 5.74) is 3.96. The molecule has 2 aromatic heterocycles. The van der Waals surface area contributed by atoms with Crippen molar-refractivity contribution in [2.75, 3.05) is 5.32 Å². The maximum absolute atomic E-state index is 5.58. The van der Waals surface area contributed by atoms with E-state index in [4.69, 9.17) is 4.42 Å². The van der Waals surface area contributed by atoms with Crippen molar-refractivity contribution in [2.45, 2.75) is 19.9 Å². The van der Waals surface area contributed by atoms with Gasteiger partial charge < -0.3 is 14.7 Å². The Hall–Kier alpha value is -2.23. The Morgan fingerprint density at radius 1 is 1.33 bits per heavy atom. The number of nitrogens with one attached hydrogen (secondary N) is 2. The Bertz CT molecular complexity index is 640. The summed E-state index contributed by atoms with van der Waals surface area (Å²) in [4.78, 5) is 7.58. The summed E-state index contributed by atoms with van der Waals surface area (Å²) in [6.45, 7) is 2.81. The van der Waals surface area contributed by atoms with Crippen LogP contribution in [0.4, 0.5) is 5.69 Å². The number of hydrogen-bond acceptors (Lipinski definition) is 3. The summed E-state index contributed by atoms with van der Waals surface area (Å²) in [5, 5.41) is 3.35. The molecule has 0 saturated heterocycles. The van der Waals surface area contributed by atoms with Crippen molar-refractivity contribution in [1.82, 2.24) is 9.97 Å². The minimum Gasteiger partial charge on any atom is -0.441 e. The van der Waals surface area contributed by atoms with E-state index in [-0.39, 0.29) is 0 Å². The van der Waals surface area contributed by atoms with Crippen molar-refractivity contribution in [3.63, 3.8) is 0 Å². The van der Waals surface area contributed by atoms with Crippen molar-refractivity contribution < 1.29 is 4.42 Å². The third-order valence-electron chi connectivity index (χ3n) is 2.88. The predicted molar refractivity (Wildman–Crippen MR) is 71.5 cm³/mol. The van der Waals surface area contributed by atoms with Crippen molar-refractivity contribution in [1.29, 1.82) is 0 Å². The first-order valence-corrected chi connectivity index (χ1v) is 6.11. The molecular weight excluding hydrogens is 226 g/mol. The van der Waals surface area contributed by atoms with E-state index in [0.29, 0.717) is 0 Å². The molecule has 4 nitrogen and oxygen atoms in total. The number of aryl methyl sites for hydroxylation is 1. The Kier molecular flexibility index (Phi) is 2.76. The van der Waals surface area contributed by atoms with Gasteiger partial charge in [0.05, 0.1) is 6.54 Å². The largest absolute Gasteiger partial charge is 0.441 e. The summed E-state index contributed by atoms with van der Waals surface area (Å²) in [6, 6.07) is 10.0. The first-order chi connectivity index (χ1) is 8.85. The molecule has 0 spiro atoms. The van der Waals surface area contributed by atoms with E-state index in [2.05, 4.69) is 21.4 Å². The molecular formula is C14H15N3O. The maximum atomic E-state index is 5.58. The zero-order chi connectivity index (χ0) is 12.4. The second-order valence-electron chi connectivity index (χ2n) is 4.19. The van der Waals surface area contributed by atoms with Crippen LogP contribution in [0, 0.1) is 0 Å². The normalized spacial score (nSPS) is 10.9. The van der Waals surface area contributed by atoms with E-state index in [1.54, 1.807) is 0 Å². The highest BCUT2D eigenvalue weighted by Gasteiger charge is 2.04. The number of aromatic nitrogens is 2. The number of rotatable bonds is 4. The number of benzene rings is 1. The van der Waals surface area contributed by atoms with Gasteiger partial charge >= 0.3 is 0 Å². The number of aromatic amines is 1. The van der Waals surface area contributed by atoms with E-state index in [9.17, 15) is 0 Å². The Labute approximate surface area is 105 Å². The third kappa shape index (κ3) is 2.09. The zero-order valence-corrected chi connectivity index (χ0v) is 10.2. The van der Waals surface area contributed by atoms with Gasteiger partial charge in [-0.15, -0.1) is 0 Å². The molecule has 3 aromatic rings. The number of fused-ring (bicyclic) bond motifs is 1. The molecule has 0 bridgehead atoms. The van der Waals surface area contributed by atoms with Crippen LogP contribution in [0.2, 0.25) is 0 Å². The lowest BCUT2D eigenvalue weighted by Crippen LogP contribution is -1.99. The van der Waals surface area contributed by atoms with E-state index in [1.807, 2.05) is 37.4 Å². The smallest absolute Gasteiger partial charge is 0.195 e. The minimum atomic E-state index is 0.775. The third-order valence-corrected chi connectivity index (χ3v) is 2.88. The molecule has 4 heteroatoms. The van der Waals surface area contributed by atoms with E-state index in [0.717, 1.165) is 41.3 Å². The summed E-state index contributed by atoms with van der Waals surface area (Å²) in [6.07, 6.45) is 2.74. The second kappa shape index (κ2) is 4.56. The molecule has 0 radical (unpaired) electrons. The van der Waals surface area contributed by atoms with Crippen LogP contribution in [-0.2, 0) is 13.0 Å². The van der Waals surface area contributed by atoms with Crippen LogP contribution in [0.25, 0.3) is 11.1 Å². The molecule has 2 N–H and O–H groups in total. The predicted octanol–water partition coefficient (Wildman–Crippen LogP) is 3.33. The number of nitrogens with zero attached hydrogens (tertiary/aromatic N) is 1. The van der Waals surface area contributed by atoms with Gasteiger partial charge in [0.25, 0.3) is 0 Å². The van der Waals surface area contributed by atoms with Crippen LogP contribution in [0.3, 0.4) is 0 Å². The van der Waals surface area contributed by atoms with Gasteiger partial charge in [0, 0.05) is 24.0 Å². The quantitative estimate of drug-likeness (QED) is 0.736. The monoisotopic (exact) mass is 241 g/mol. The molecule has 0 unspecified atom stereocenters. The standard InChI is InChI=1S/C14H15N3O/c1-2-14-17-12-8-10(5-6-13(12)18-14)16-9-11-4-3-7-15-11/h3-8,15-16H,2,9H2,1H3. The molecule has 0 aliphatic carbocycles. The minimum absolute atomic E-state index is 0.775. The lowest BCUT2D eigenvalue weighted by Gasteiger charge is -2.04. The SMILES string of the molecule is CCc1nc2cc(NCc3ccc[nH]3)ccc2o1. The molecule has 2 heterocycles. The first-order valence-electron chi connectivity index (χ1n) is 6.11. The van der Waals surface area contributed by atoms with Gasteiger partial charge in [-0.25, -0.2) is 4.98 Å². The molecule has 18 heavy (non-hydrogen) atoms. The molecule has 0 aliphatic heterocycles. The molecule has 92 valence electrons. The highest BCUT2D eigenvalue weighted by molar-refractivity contribution is 5.77. The van der Waals surface area contributed by atoms with E-state index >= 15 is 0 Å². The van der Waals surface area contributed by atoms with Gasteiger partial charge in [0.2, 0.25) is 0 Å². The van der Waals surface area contributed by atoms with Crippen molar-refractivity contribution >= 4 is 16.8 Å². The van der Waals surface area contributed by atoms with Gasteiger partial charge in [-0.3, -0.25) is 0 Å². The molecule has 0 saturated carbocycles. The van der Waals surface area contributed by atoms with Gasteiger partial charge in [-0.2, -0.15) is 0 Å². The number of hydrogen-bond donors (Lipinski definition) is 2. The average Bonchev–Trinajstić information content (AvgIpc) is 3.04. The number of H-pyrrole nitrogens is 1. The number of oxazole rings is 1. The zero-order valence-electron chi connectivity index (χ0n) is 10.2. The molecule has 1 aromatic carbocycles. The van der Waals surface area contributed by atoms with Crippen LogP contribution in [0.15, 0.2) is 40.9 Å². The van der Waals surface area contributed by atoms with Crippen LogP contribution >= 0.6 is 0 Å². The summed E-state index contributed by atoms with van der Waals surface area (Å²) in [7, 11) is 0. The average molecular weight is 241 g/mol. The highest BCUT2D eigenvalue weighted by atomic mass is 16.3. The molecule has 0 amide bonds. The van der Waals surface area contributed by atoms with E-state index < -0.39 is 0 Å². The maximum Gasteiger partial charge on any atom is 0.195 e. The summed E-state index contributed by atoms with van der Waals surface area (Å²) >= 11 is 0. The van der Waals surface area contributed by atoms with E-state index in [1.165, 1.54) is 0 Å². The van der Waals surface area contributed by atoms with Crippen LogP contribution in [0.1, 0.15) is 18.5 Å². The topological polar surface area (TPSA) is 53.9 Å².